The quantitative estimate of drug-likeness (QED) is 0.422. The number of nitrogens with zero attached hydrogens (tertiary/aromatic N) is 2. The number of aliphatic imine (C=N–C) groups is 1. The van der Waals surface area contributed by atoms with Crippen LogP contribution in [0.3, 0.4) is 0 Å². The lowest BCUT2D eigenvalue weighted by atomic mass is 10.1. The summed E-state index contributed by atoms with van der Waals surface area (Å²) in [6.07, 6.45) is 0. The number of carbonyl (C=O) groups is 1. The SMILES string of the molecule is CN=C(NCC(=O)NC)N1CCSC(C(C)C)C1.I. The fourth-order valence-electron chi connectivity index (χ4n) is 1.85. The molecule has 0 saturated carbocycles. The van der Waals surface area contributed by atoms with Crippen LogP contribution in [-0.2, 0) is 4.79 Å². The van der Waals surface area contributed by atoms with Gasteiger partial charge in [-0.25, -0.2) is 0 Å². The molecule has 1 aliphatic rings. The molecule has 1 fully saturated rings. The highest BCUT2D eigenvalue weighted by atomic mass is 127. The van der Waals surface area contributed by atoms with E-state index >= 15 is 0 Å². The monoisotopic (exact) mass is 400 g/mol. The predicted octanol–water partition coefficient (Wildman–Crippen LogP) is 0.999. The summed E-state index contributed by atoms with van der Waals surface area (Å²) in [5, 5.41) is 6.34. The lowest BCUT2D eigenvalue weighted by molar-refractivity contribution is -0.119. The molecular weight excluding hydrogens is 375 g/mol. The number of carbonyl (C=O) groups excluding carboxylic acids is 1. The van der Waals surface area contributed by atoms with Gasteiger partial charge in [-0.15, -0.1) is 24.0 Å². The molecule has 112 valence electrons. The summed E-state index contributed by atoms with van der Waals surface area (Å²) < 4.78 is 0. The summed E-state index contributed by atoms with van der Waals surface area (Å²) in [6.45, 7) is 6.76. The van der Waals surface area contributed by atoms with E-state index in [2.05, 4.69) is 34.4 Å². The molecule has 0 aromatic carbocycles. The minimum atomic E-state index is -0.0251. The second kappa shape index (κ2) is 9.68. The first-order valence-electron chi connectivity index (χ1n) is 6.36. The molecule has 19 heavy (non-hydrogen) atoms. The molecule has 5 nitrogen and oxygen atoms in total. The number of nitrogens with one attached hydrogen (secondary N) is 2. The van der Waals surface area contributed by atoms with Crippen LogP contribution in [-0.4, -0.2) is 61.5 Å². The van der Waals surface area contributed by atoms with Crippen molar-refractivity contribution >= 4 is 47.6 Å². The van der Waals surface area contributed by atoms with Crippen LogP contribution in [0.4, 0.5) is 0 Å². The number of amides is 1. The molecule has 0 aliphatic carbocycles. The summed E-state index contributed by atoms with van der Waals surface area (Å²) in [7, 11) is 3.40. The van der Waals surface area contributed by atoms with Crippen molar-refractivity contribution in [2.24, 2.45) is 10.9 Å². The van der Waals surface area contributed by atoms with Crippen LogP contribution in [0.1, 0.15) is 13.8 Å². The predicted molar refractivity (Wildman–Crippen MR) is 93.5 cm³/mol. The van der Waals surface area contributed by atoms with Gasteiger partial charge in [-0.3, -0.25) is 9.79 Å². The molecule has 0 bridgehead atoms. The van der Waals surface area contributed by atoms with Gasteiger partial charge in [0.2, 0.25) is 5.91 Å². The molecule has 1 heterocycles. The standard InChI is InChI=1S/C12H24N4OS.HI/c1-9(2)10-8-16(5-6-18-10)12(14-4)15-7-11(17)13-3;/h9-10H,5-8H2,1-4H3,(H,13,17)(H,14,15);1H. The van der Waals surface area contributed by atoms with Gasteiger partial charge in [0.05, 0.1) is 6.54 Å². The van der Waals surface area contributed by atoms with Crippen LogP contribution in [0, 0.1) is 5.92 Å². The minimum Gasteiger partial charge on any atom is -0.358 e. The first-order chi connectivity index (χ1) is 8.58. The normalized spacial score (nSPS) is 19.9. The summed E-state index contributed by atoms with van der Waals surface area (Å²) in [4.78, 5) is 17.7. The molecule has 1 rings (SSSR count). The van der Waals surface area contributed by atoms with Crippen LogP contribution in [0.15, 0.2) is 4.99 Å². The Kier molecular flexibility index (Phi) is 9.59. The zero-order valence-electron chi connectivity index (χ0n) is 12.1. The van der Waals surface area contributed by atoms with Crippen molar-refractivity contribution in [3.05, 3.63) is 0 Å². The van der Waals surface area contributed by atoms with Crippen molar-refractivity contribution in [3.63, 3.8) is 0 Å². The average molecular weight is 400 g/mol. The molecule has 1 atom stereocenters. The molecule has 0 radical (unpaired) electrons. The Morgan fingerprint density at radius 3 is 2.74 bits per heavy atom. The van der Waals surface area contributed by atoms with Crippen molar-refractivity contribution in [1.29, 1.82) is 0 Å². The fraction of sp³-hybridized carbons (Fsp3) is 0.833. The third-order valence-electron chi connectivity index (χ3n) is 3.03. The first kappa shape index (κ1) is 18.8. The van der Waals surface area contributed by atoms with E-state index < -0.39 is 0 Å². The van der Waals surface area contributed by atoms with Gasteiger partial charge in [0.25, 0.3) is 0 Å². The number of hydrogen-bond donors (Lipinski definition) is 2. The average Bonchev–Trinajstić information content (AvgIpc) is 2.39. The molecule has 0 aromatic heterocycles. The Bertz CT molecular complexity index is 312. The second-order valence-electron chi connectivity index (χ2n) is 4.67. The van der Waals surface area contributed by atoms with Crippen molar-refractivity contribution < 1.29 is 4.79 Å². The van der Waals surface area contributed by atoms with E-state index in [1.54, 1.807) is 14.1 Å². The second-order valence-corrected chi connectivity index (χ2v) is 6.02. The minimum absolute atomic E-state index is 0. The highest BCUT2D eigenvalue weighted by molar-refractivity contribution is 14.0. The number of rotatable bonds is 3. The summed E-state index contributed by atoms with van der Waals surface area (Å²) >= 11 is 2.03. The Labute approximate surface area is 137 Å². The lowest BCUT2D eigenvalue weighted by Gasteiger charge is -2.36. The molecule has 7 heteroatoms. The third kappa shape index (κ3) is 6.20. The highest BCUT2D eigenvalue weighted by Gasteiger charge is 2.24. The summed E-state index contributed by atoms with van der Waals surface area (Å²) in [6, 6.07) is 0. The third-order valence-corrected chi connectivity index (χ3v) is 4.57. The Hall–Kier alpha value is -0.180. The number of halogens is 1. The Balaban J connectivity index is 0.00000324. The number of guanidine groups is 1. The van der Waals surface area contributed by atoms with Gasteiger partial charge in [0.15, 0.2) is 5.96 Å². The zero-order valence-corrected chi connectivity index (χ0v) is 15.2. The van der Waals surface area contributed by atoms with E-state index in [0.717, 1.165) is 24.8 Å². The summed E-state index contributed by atoms with van der Waals surface area (Å²) in [5.74, 6) is 2.58. The van der Waals surface area contributed by atoms with Crippen LogP contribution < -0.4 is 10.6 Å². The van der Waals surface area contributed by atoms with Crippen LogP contribution in [0.25, 0.3) is 0 Å². The smallest absolute Gasteiger partial charge is 0.239 e. The fourth-order valence-corrected chi connectivity index (χ4v) is 3.15. The van der Waals surface area contributed by atoms with Gasteiger partial charge < -0.3 is 15.5 Å². The maximum Gasteiger partial charge on any atom is 0.239 e. The van der Waals surface area contributed by atoms with Gasteiger partial charge in [-0.1, -0.05) is 13.8 Å². The van der Waals surface area contributed by atoms with Crippen molar-refractivity contribution in [2.75, 3.05) is 39.5 Å². The number of likely N-dealkylation sites (N-methyl/N-ethyl adjacent to an activating group) is 1. The molecule has 1 unspecified atom stereocenters. The Morgan fingerprint density at radius 1 is 1.53 bits per heavy atom. The van der Waals surface area contributed by atoms with E-state index in [4.69, 9.17) is 0 Å². The van der Waals surface area contributed by atoms with E-state index in [9.17, 15) is 4.79 Å². The number of hydrogen-bond acceptors (Lipinski definition) is 3. The van der Waals surface area contributed by atoms with Crippen molar-refractivity contribution in [2.45, 2.75) is 19.1 Å². The molecule has 1 aliphatic heterocycles. The highest BCUT2D eigenvalue weighted by Crippen LogP contribution is 2.24. The molecular formula is C12H25IN4OS. The lowest BCUT2D eigenvalue weighted by Crippen LogP contribution is -2.50. The van der Waals surface area contributed by atoms with Crippen LogP contribution in [0.5, 0.6) is 0 Å². The topological polar surface area (TPSA) is 56.7 Å². The van der Waals surface area contributed by atoms with E-state index in [-0.39, 0.29) is 36.4 Å². The molecule has 0 spiro atoms. The van der Waals surface area contributed by atoms with E-state index in [1.807, 2.05) is 11.8 Å². The van der Waals surface area contributed by atoms with Gasteiger partial charge in [-0.05, 0) is 5.92 Å². The van der Waals surface area contributed by atoms with Crippen LogP contribution >= 0.6 is 35.7 Å². The van der Waals surface area contributed by atoms with Crippen molar-refractivity contribution in [1.82, 2.24) is 15.5 Å². The molecule has 2 N–H and O–H groups in total. The maximum atomic E-state index is 11.2. The zero-order chi connectivity index (χ0) is 13.5. The van der Waals surface area contributed by atoms with Gasteiger partial charge in [0.1, 0.15) is 0 Å². The van der Waals surface area contributed by atoms with Gasteiger partial charge in [-0.2, -0.15) is 11.8 Å². The number of thioether (sulfide) groups is 1. The largest absolute Gasteiger partial charge is 0.358 e. The Morgan fingerprint density at radius 2 is 2.21 bits per heavy atom. The first-order valence-corrected chi connectivity index (χ1v) is 7.41. The molecule has 1 amide bonds. The van der Waals surface area contributed by atoms with Gasteiger partial charge in [0, 0.05) is 38.2 Å². The van der Waals surface area contributed by atoms with E-state index in [0.29, 0.717) is 11.2 Å². The maximum absolute atomic E-state index is 11.2. The molecule has 0 aromatic rings. The van der Waals surface area contributed by atoms with E-state index in [1.165, 1.54) is 0 Å². The molecule has 1 saturated heterocycles. The summed E-state index contributed by atoms with van der Waals surface area (Å²) in [5.41, 5.74) is 0. The van der Waals surface area contributed by atoms with Crippen LogP contribution in [0.2, 0.25) is 0 Å². The van der Waals surface area contributed by atoms with Gasteiger partial charge >= 0.3 is 0 Å². The van der Waals surface area contributed by atoms with Crippen molar-refractivity contribution in [3.8, 4) is 0 Å².